The van der Waals surface area contributed by atoms with Gasteiger partial charge < -0.3 is 14.4 Å². The standard InChI is InChI=1S/C26H34F6N2O4/c1-5-11-17-18-16-38-24(25(27,28)29,26(30,31)32)19(18)12-13-20(17)37-15-10-8-6-7-9-14-34-21(35)23(2,3)33(4)22(34)36/h12-13H,5-11,14-16H2,1-4H3. The van der Waals surface area contributed by atoms with Crippen LogP contribution in [0.15, 0.2) is 12.1 Å². The van der Waals surface area contributed by atoms with Gasteiger partial charge in [0.15, 0.2) is 0 Å². The van der Waals surface area contributed by atoms with Crippen LogP contribution in [0, 0.1) is 0 Å². The molecule has 2 aliphatic heterocycles. The zero-order valence-corrected chi connectivity index (χ0v) is 22.0. The van der Waals surface area contributed by atoms with Crippen LogP contribution in [-0.4, -0.2) is 59.8 Å². The molecule has 3 rings (SSSR count). The van der Waals surface area contributed by atoms with Crippen LogP contribution < -0.4 is 4.74 Å². The Morgan fingerprint density at radius 3 is 2.13 bits per heavy atom. The Kier molecular flexibility index (Phi) is 8.65. The van der Waals surface area contributed by atoms with Gasteiger partial charge in [-0.3, -0.25) is 9.69 Å². The normalized spacial score (nSPS) is 18.9. The van der Waals surface area contributed by atoms with E-state index in [2.05, 4.69) is 4.74 Å². The number of unbranched alkanes of at least 4 members (excludes halogenated alkanes) is 4. The minimum Gasteiger partial charge on any atom is -0.493 e. The van der Waals surface area contributed by atoms with Gasteiger partial charge in [0.05, 0.1) is 13.2 Å². The van der Waals surface area contributed by atoms with Crippen molar-refractivity contribution in [3.63, 3.8) is 0 Å². The van der Waals surface area contributed by atoms with Crippen molar-refractivity contribution in [3.8, 4) is 5.75 Å². The lowest BCUT2D eigenvalue weighted by Crippen LogP contribution is -2.53. The van der Waals surface area contributed by atoms with Gasteiger partial charge in [0, 0.05) is 24.7 Å². The Balaban J connectivity index is 1.54. The van der Waals surface area contributed by atoms with E-state index >= 15 is 0 Å². The van der Waals surface area contributed by atoms with Crippen molar-refractivity contribution in [1.82, 2.24) is 9.80 Å². The molecule has 38 heavy (non-hydrogen) atoms. The fraction of sp³-hybridized carbons (Fsp3) is 0.692. The number of nitrogens with zero attached hydrogens (tertiary/aromatic N) is 2. The first-order valence-corrected chi connectivity index (χ1v) is 12.8. The highest BCUT2D eigenvalue weighted by Crippen LogP contribution is 2.58. The first kappa shape index (κ1) is 30.0. The summed E-state index contributed by atoms with van der Waals surface area (Å²) >= 11 is 0. The molecule has 3 amide bonds. The molecule has 0 aromatic heterocycles. The number of carbonyl (C=O) groups excluding carboxylic acids is 2. The van der Waals surface area contributed by atoms with Crippen molar-refractivity contribution in [2.75, 3.05) is 20.2 Å². The third-order valence-corrected chi connectivity index (χ3v) is 7.41. The minimum atomic E-state index is -5.66. The summed E-state index contributed by atoms with van der Waals surface area (Å²) in [5.41, 5.74) is -5.91. The quantitative estimate of drug-likeness (QED) is 0.179. The summed E-state index contributed by atoms with van der Waals surface area (Å²) in [6, 6.07) is 1.68. The van der Waals surface area contributed by atoms with Crippen molar-refractivity contribution >= 4 is 11.9 Å². The zero-order valence-electron chi connectivity index (χ0n) is 22.0. The highest BCUT2D eigenvalue weighted by atomic mass is 19.4. The minimum absolute atomic E-state index is 0.112. The smallest absolute Gasteiger partial charge is 0.430 e. The van der Waals surface area contributed by atoms with E-state index < -0.39 is 35.7 Å². The molecule has 0 spiro atoms. The molecule has 0 N–H and O–H groups in total. The van der Waals surface area contributed by atoms with Crippen LogP contribution in [0.5, 0.6) is 5.75 Å². The highest BCUT2D eigenvalue weighted by molar-refractivity contribution is 6.06. The first-order chi connectivity index (χ1) is 17.6. The summed E-state index contributed by atoms with van der Waals surface area (Å²) < 4.78 is 92.1. The first-order valence-electron chi connectivity index (χ1n) is 12.8. The number of alkyl halides is 6. The number of fused-ring (bicyclic) bond motifs is 1. The second-order valence-corrected chi connectivity index (χ2v) is 10.3. The van der Waals surface area contributed by atoms with Crippen LogP contribution in [0.1, 0.15) is 76.0 Å². The van der Waals surface area contributed by atoms with Crippen LogP contribution in [0.3, 0.4) is 0 Å². The van der Waals surface area contributed by atoms with Crippen LogP contribution in [0.25, 0.3) is 0 Å². The summed E-state index contributed by atoms with van der Waals surface area (Å²) in [6.07, 6.45) is -6.89. The topological polar surface area (TPSA) is 59.1 Å². The SMILES string of the molecule is CCCc1c(OCCCCCCCN2C(=O)N(C)C(C)(C)C2=O)ccc2c1COC2(C(F)(F)F)C(F)(F)F. The summed E-state index contributed by atoms with van der Waals surface area (Å²) in [4.78, 5) is 27.3. The van der Waals surface area contributed by atoms with Gasteiger partial charge in [0.1, 0.15) is 11.3 Å². The van der Waals surface area contributed by atoms with Crippen molar-refractivity contribution in [2.24, 2.45) is 0 Å². The van der Waals surface area contributed by atoms with E-state index in [-0.39, 0.29) is 36.3 Å². The molecular weight excluding hydrogens is 518 g/mol. The van der Waals surface area contributed by atoms with E-state index in [0.29, 0.717) is 31.4 Å². The molecule has 0 saturated carbocycles. The average molecular weight is 553 g/mol. The number of imide groups is 1. The maximum atomic E-state index is 13.6. The predicted octanol–water partition coefficient (Wildman–Crippen LogP) is 6.49. The molecule has 0 bridgehead atoms. The lowest BCUT2D eigenvalue weighted by atomic mass is 9.87. The maximum absolute atomic E-state index is 13.6. The molecule has 12 heteroatoms. The van der Waals surface area contributed by atoms with E-state index in [1.165, 1.54) is 15.9 Å². The molecule has 1 saturated heterocycles. The lowest BCUT2D eigenvalue weighted by molar-refractivity contribution is -0.385. The van der Waals surface area contributed by atoms with E-state index in [1.54, 1.807) is 27.8 Å². The number of halogens is 6. The van der Waals surface area contributed by atoms with E-state index in [1.807, 2.05) is 0 Å². The Labute approximate surface area is 218 Å². The van der Waals surface area contributed by atoms with E-state index in [9.17, 15) is 35.9 Å². The van der Waals surface area contributed by atoms with Crippen molar-refractivity contribution in [3.05, 3.63) is 28.8 Å². The van der Waals surface area contributed by atoms with Crippen LogP contribution in [0.4, 0.5) is 31.1 Å². The van der Waals surface area contributed by atoms with Crippen molar-refractivity contribution < 1.29 is 45.4 Å². The van der Waals surface area contributed by atoms with Gasteiger partial charge in [-0.25, -0.2) is 4.79 Å². The molecule has 1 aromatic carbocycles. The summed E-state index contributed by atoms with van der Waals surface area (Å²) in [5.74, 6) is 0.0517. The lowest BCUT2D eigenvalue weighted by Gasteiger charge is -2.33. The molecule has 1 fully saturated rings. The van der Waals surface area contributed by atoms with Gasteiger partial charge in [-0.1, -0.05) is 38.7 Å². The van der Waals surface area contributed by atoms with Crippen LogP contribution in [0.2, 0.25) is 0 Å². The molecule has 2 heterocycles. The number of carbonyl (C=O) groups is 2. The third kappa shape index (κ3) is 5.20. The van der Waals surface area contributed by atoms with Gasteiger partial charge in [-0.05, 0) is 44.7 Å². The van der Waals surface area contributed by atoms with Crippen LogP contribution >= 0.6 is 0 Å². The molecule has 0 radical (unpaired) electrons. The number of benzene rings is 1. The Morgan fingerprint density at radius 2 is 1.58 bits per heavy atom. The summed E-state index contributed by atoms with van der Waals surface area (Å²) in [6.45, 7) is 4.99. The Bertz CT molecular complexity index is 1020. The number of likely N-dealkylation sites (N-methyl/N-ethyl adjacent to an activating group) is 1. The van der Waals surface area contributed by atoms with Gasteiger partial charge >= 0.3 is 18.4 Å². The van der Waals surface area contributed by atoms with Crippen LogP contribution in [-0.2, 0) is 28.2 Å². The predicted molar refractivity (Wildman–Crippen MR) is 127 cm³/mol. The number of urea groups is 1. The molecule has 0 unspecified atom stereocenters. The second kappa shape index (κ2) is 10.9. The zero-order chi connectivity index (χ0) is 28.5. The van der Waals surface area contributed by atoms with Gasteiger partial charge in [-0.2, -0.15) is 26.3 Å². The monoisotopic (exact) mass is 552 g/mol. The Hall–Kier alpha value is -2.50. The third-order valence-electron chi connectivity index (χ3n) is 7.41. The number of hydrogen-bond donors (Lipinski definition) is 0. The number of amides is 3. The second-order valence-electron chi connectivity index (χ2n) is 10.3. The molecule has 1 aromatic rings. The maximum Gasteiger partial charge on any atom is 0.430 e. The molecule has 214 valence electrons. The average Bonchev–Trinajstić information content (AvgIpc) is 3.29. The van der Waals surface area contributed by atoms with E-state index in [0.717, 1.165) is 25.3 Å². The van der Waals surface area contributed by atoms with Gasteiger partial charge in [0.25, 0.3) is 11.5 Å². The molecule has 2 aliphatic rings. The van der Waals surface area contributed by atoms with Crippen molar-refractivity contribution in [1.29, 1.82) is 0 Å². The Morgan fingerprint density at radius 1 is 0.974 bits per heavy atom. The highest BCUT2D eigenvalue weighted by Gasteiger charge is 2.75. The molecule has 0 aliphatic carbocycles. The molecule has 6 nitrogen and oxygen atoms in total. The fourth-order valence-electron chi connectivity index (χ4n) is 4.98. The fourth-order valence-corrected chi connectivity index (χ4v) is 4.98. The van der Waals surface area contributed by atoms with Gasteiger partial charge in [0.2, 0.25) is 0 Å². The number of ether oxygens (including phenoxy) is 2. The van der Waals surface area contributed by atoms with E-state index in [4.69, 9.17) is 4.74 Å². The molecule has 0 atom stereocenters. The van der Waals surface area contributed by atoms with Crippen molar-refractivity contribution in [2.45, 2.75) is 95.8 Å². The molecular formula is C26H34F6N2O4. The van der Waals surface area contributed by atoms with Gasteiger partial charge in [-0.15, -0.1) is 0 Å². The summed E-state index contributed by atoms with van der Waals surface area (Å²) in [7, 11) is 1.60. The largest absolute Gasteiger partial charge is 0.493 e. The number of hydrogen-bond acceptors (Lipinski definition) is 4. The summed E-state index contributed by atoms with van der Waals surface area (Å²) in [5, 5.41) is 0. The number of rotatable bonds is 11.